The van der Waals surface area contributed by atoms with Crippen LogP contribution in [0, 0.1) is 0 Å². The highest BCUT2D eigenvalue weighted by Crippen LogP contribution is 2.22. The van der Waals surface area contributed by atoms with E-state index in [9.17, 15) is 14.7 Å². The van der Waals surface area contributed by atoms with Crippen molar-refractivity contribution in [3.05, 3.63) is 65.4 Å². The SMILES string of the molecule is CCCCCc1nc(C(=O)CCC)nn1Cc1ccc(-c2ccccc2C(=O)O)nc1. The number of rotatable bonds is 11. The molecule has 0 aliphatic heterocycles. The van der Waals surface area contributed by atoms with E-state index in [1.807, 2.05) is 19.1 Å². The molecule has 0 saturated heterocycles. The molecule has 0 unspecified atom stereocenters. The third-order valence-electron chi connectivity index (χ3n) is 5.07. The fourth-order valence-electron chi connectivity index (χ4n) is 3.42. The quantitative estimate of drug-likeness (QED) is 0.353. The summed E-state index contributed by atoms with van der Waals surface area (Å²) in [5, 5.41) is 13.9. The van der Waals surface area contributed by atoms with Crippen LogP contribution in [0.1, 0.15) is 78.3 Å². The first-order chi connectivity index (χ1) is 15.0. The van der Waals surface area contributed by atoms with Crippen LogP contribution in [0.25, 0.3) is 11.3 Å². The van der Waals surface area contributed by atoms with Crippen LogP contribution in [0.15, 0.2) is 42.6 Å². The molecule has 0 fully saturated rings. The number of pyridine rings is 1. The van der Waals surface area contributed by atoms with Gasteiger partial charge in [-0.2, -0.15) is 0 Å². The number of carbonyl (C=O) groups is 2. The molecular formula is C24H28N4O3. The summed E-state index contributed by atoms with van der Waals surface area (Å²) in [5.41, 5.74) is 2.31. The van der Waals surface area contributed by atoms with E-state index in [1.165, 1.54) is 0 Å². The van der Waals surface area contributed by atoms with Crippen molar-refractivity contribution >= 4 is 11.8 Å². The van der Waals surface area contributed by atoms with E-state index in [2.05, 4.69) is 22.0 Å². The van der Waals surface area contributed by atoms with Gasteiger partial charge in [-0.05, 0) is 30.5 Å². The van der Waals surface area contributed by atoms with Crippen LogP contribution in [0.5, 0.6) is 0 Å². The van der Waals surface area contributed by atoms with E-state index in [1.54, 1.807) is 35.1 Å². The summed E-state index contributed by atoms with van der Waals surface area (Å²) < 4.78 is 1.79. The van der Waals surface area contributed by atoms with Gasteiger partial charge in [0.2, 0.25) is 11.6 Å². The standard InChI is InChI=1S/C24H28N4O3/c1-3-5-6-12-22-26-23(21(29)9-4-2)27-28(22)16-17-13-14-20(25-15-17)18-10-7-8-11-19(18)24(30)31/h7-8,10-11,13-15H,3-6,9,12,16H2,1-2H3,(H,30,31). The number of ketones is 1. The van der Waals surface area contributed by atoms with Gasteiger partial charge >= 0.3 is 5.97 Å². The second-order valence-corrected chi connectivity index (χ2v) is 7.54. The summed E-state index contributed by atoms with van der Waals surface area (Å²) >= 11 is 0. The van der Waals surface area contributed by atoms with Crippen molar-refractivity contribution in [2.75, 3.05) is 0 Å². The number of carboxylic acids is 1. The Morgan fingerprint density at radius 1 is 1.03 bits per heavy atom. The molecule has 0 bridgehead atoms. The van der Waals surface area contributed by atoms with Crippen molar-refractivity contribution in [2.24, 2.45) is 0 Å². The van der Waals surface area contributed by atoms with Gasteiger partial charge in [-0.15, -0.1) is 5.10 Å². The predicted molar refractivity (Wildman–Crippen MR) is 118 cm³/mol. The van der Waals surface area contributed by atoms with Crippen molar-refractivity contribution in [2.45, 2.75) is 58.9 Å². The smallest absolute Gasteiger partial charge is 0.336 e. The molecule has 31 heavy (non-hydrogen) atoms. The number of carboxylic acid groups (broad SMARTS) is 1. The van der Waals surface area contributed by atoms with Gasteiger partial charge in [-0.3, -0.25) is 9.78 Å². The van der Waals surface area contributed by atoms with Gasteiger partial charge in [-0.25, -0.2) is 14.5 Å². The second kappa shape index (κ2) is 10.6. The Hall–Kier alpha value is -3.35. The molecule has 0 amide bonds. The summed E-state index contributed by atoms with van der Waals surface area (Å²) in [7, 11) is 0. The second-order valence-electron chi connectivity index (χ2n) is 7.54. The Morgan fingerprint density at radius 3 is 2.52 bits per heavy atom. The van der Waals surface area contributed by atoms with Crippen molar-refractivity contribution in [3.63, 3.8) is 0 Å². The number of nitrogens with zero attached hydrogens (tertiary/aromatic N) is 4. The van der Waals surface area contributed by atoms with Gasteiger partial charge < -0.3 is 5.11 Å². The third kappa shape index (κ3) is 5.63. The highest BCUT2D eigenvalue weighted by Gasteiger charge is 2.16. The monoisotopic (exact) mass is 420 g/mol. The number of benzene rings is 1. The minimum atomic E-state index is -0.981. The van der Waals surface area contributed by atoms with Crippen LogP contribution in [-0.4, -0.2) is 36.6 Å². The van der Waals surface area contributed by atoms with Gasteiger partial charge in [0.15, 0.2) is 0 Å². The van der Waals surface area contributed by atoms with Crippen molar-refractivity contribution in [1.29, 1.82) is 0 Å². The first-order valence-electron chi connectivity index (χ1n) is 10.8. The lowest BCUT2D eigenvalue weighted by molar-refractivity contribution is 0.0697. The van der Waals surface area contributed by atoms with Crippen LogP contribution >= 0.6 is 0 Å². The predicted octanol–water partition coefficient (Wildman–Crippen LogP) is 4.80. The molecule has 2 aromatic heterocycles. The minimum absolute atomic E-state index is 0.0308. The summed E-state index contributed by atoms with van der Waals surface area (Å²) in [4.78, 5) is 32.7. The number of Topliss-reactive ketones (excluding diaryl/α,β-unsaturated/α-hetero) is 1. The number of carbonyl (C=O) groups excluding carboxylic acids is 1. The fraction of sp³-hybridized carbons (Fsp3) is 0.375. The Kier molecular flexibility index (Phi) is 7.65. The van der Waals surface area contributed by atoms with Crippen LogP contribution < -0.4 is 0 Å². The summed E-state index contributed by atoms with van der Waals surface area (Å²) in [6, 6.07) is 10.5. The van der Waals surface area contributed by atoms with Gasteiger partial charge in [-0.1, -0.05) is 51.0 Å². The number of hydrogen-bond acceptors (Lipinski definition) is 5. The van der Waals surface area contributed by atoms with E-state index < -0.39 is 5.97 Å². The largest absolute Gasteiger partial charge is 0.478 e. The molecule has 0 spiro atoms. The Morgan fingerprint density at radius 2 is 1.84 bits per heavy atom. The summed E-state index contributed by atoms with van der Waals surface area (Å²) in [5.74, 6) is 0.0864. The van der Waals surface area contributed by atoms with E-state index in [4.69, 9.17) is 0 Å². The molecule has 0 saturated carbocycles. The van der Waals surface area contributed by atoms with Crippen LogP contribution in [0.4, 0.5) is 0 Å². The van der Waals surface area contributed by atoms with E-state index in [-0.39, 0.29) is 17.2 Å². The normalized spacial score (nSPS) is 10.9. The molecule has 3 aromatic rings. The zero-order chi connectivity index (χ0) is 22.2. The van der Waals surface area contributed by atoms with Crippen LogP contribution in [-0.2, 0) is 13.0 Å². The van der Waals surface area contributed by atoms with E-state index >= 15 is 0 Å². The molecule has 0 radical (unpaired) electrons. The maximum atomic E-state index is 12.3. The average molecular weight is 421 g/mol. The van der Waals surface area contributed by atoms with Crippen molar-refractivity contribution in [3.8, 4) is 11.3 Å². The van der Waals surface area contributed by atoms with Crippen LogP contribution in [0.3, 0.4) is 0 Å². The van der Waals surface area contributed by atoms with Gasteiger partial charge in [0.25, 0.3) is 0 Å². The Labute approximate surface area is 182 Å². The molecule has 7 heteroatoms. The molecule has 3 rings (SSSR count). The lowest BCUT2D eigenvalue weighted by Crippen LogP contribution is -2.08. The number of aryl methyl sites for hydroxylation is 1. The molecule has 7 nitrogen and oxygen atoms in total. The molecule has 2 heterocycles. The molecule has 0 aliphatic carbocycles. The minimum Gasteiger partial charge on any atom is -0.478 e. The number of aromatic carboxylic acids is 1. The maximum Gasteiger partial charge on any atom is 0.336 e. The summed E-state index contributed by atoms with van der Waals surface area (Å²) in [6.45, 7) is 4.57. The lowest BCUT2D eigenvalue weighted by Gasteiger charge is -2.08. The molecular weight excluding hydrogens is 392 g/mol. The molecule has 0 aliphatic rings. The molecule has 1 N–H and O–H groups in total. The first-order valence-corrected chi connectivity index (χ1v) is 10.8. The number of aromatic nitrogens is 4. The zero-order valence-electron chi connectivity index (χ0n) is 18.0. The van der Waals surface area contributed by atoms with Crippen molar-refractivity contribution in [1.82, 2.24) is 19.7 Å². The maximum absolute atomic E-state index is 12.3. The highest BCUT2D eigenvalue weighted by molar-refractivity contribution is 5.95. The number of unbranched alkanes of at least 4 members (excludes halogenated alkanes) is 2. The zero-order valence-corrected chi connectivity index (χ0v) is 18.0. The average Bonchev–Trinajstić information content (AvgIpc) is 3.17. The molecule has 0 atom stereocenters. The number of hydrogen-bond donors (Lipinski definition) is 1. The van der Waals surface area contributed by atoms with E-state index in [0.717, 1.165) is 43.5 Å². The Balaban J connectivity index is 1.83. The third-order valence-corrected chi connectivity index (χ3v) is 5.07. The van der Waals surface area contributed by atoms with Gasteiger partial charge in [0, 0.05) is 24.6 Å². The molecule has 1 aromatic carbocycles. The summed E-state index contributed by atoms with van der Waals surface area (Å²) in [6.07, 6.45) is 6.92. The van der Waals surface area contributed by atoms with Gasteiger partial charge in [0.05, 0.1) is 17.8 Å². The molecule has 162 valence electrons. The Bertz CT molecular complexity index is 1040. The highest BCUT2D eigenvalue weighted by atomic mass is 16.4. The fourth-order valence-corrected chi connectivity index (χ4v) is 3.42. The topological polar surface area (TPSA) is 98.0 Å². The lowest BCUT2D eigenvalue weighted by atomic mass is 10.0. The van der Waals surface area contributed by atoms with Gasteiger partial charge in [0.1, 0.15) is 5.82 Å². The first kappa shape index (κ1) is 22.3. The van der Waals surface area contributed by atoms with Crippen LogP contribution in [0.2, 0.25) is 0 Å². The van der Waals surface area contributed by atoms with E-state index in [0.29, 0.717) is 24.2 Å². The van der Waals surface area contributed by atoms with Crippen molar-refractivity contribution < 1.29 is 14.7 Å².